The Hall–Kier alpha value is 0.240. The van der Waals surface area contributed by atoms with Crippen molar-refractivity contribution in [3.05, 3.63) is 12.2 Å². The van der Waals surface area contributed by atoms with Crippen LogP contribution < -0.4 is 39.8 Å². The van der Waals surface area contributed by atoms with Crippen molar-refractivity contribution in [3.63, 3.8) is 0 Å². The minimum atomic E-state index is -4.56. The fourth-order valence-corrected chi connectivity index (χ4v) is 7.90. The normalized spacial score (nSPS) is 13.9. The van der Waals surface area contributed by atoms with Crippen molar-refractivity contribution in [2.45, 2.75) is 251 Å². The monoisotopic (exact) mass is 837 g/mol. The van der Waals surface area contributed by atoms with Crippen molar-refractivity contribution in [3.8, 4) is 0 Å². The summed E-state index contributed by atoms with van der Waals surface area (Å²) in [6, 6.07) is -0.795. The van der Waals surface area contributed by atoms with Crippen molar-refractivity contribution >= 4 is 13.7 Å². The number of amides is 1. The molecule has 10 heteroatoms. The SMILES string of the molecule is CCCC/C=C\CCCCCCCCCCCCCCCCCC(=O)NC(COP(=O)([O-])OCCN(C)CC)C(O)CCCCCCCCCCCCCCC.[Na+]. The second-order valence-electron chi connectivity index (χ2n) is 16.7. The number of phosphoric acid groups is 1. The minimum absolute atomic E-state index is 0. The first-order chi connectivity index (χ1) is 27.3. The number of likely N-dealkylation sites (N-methyl/N-ethyl adjacent to an activating group) is 1. The van der Waals surface area contributed by atoms with Crippen molar-refractivity contribution < 1.29 is 58.0 Å². The van der Waals surface area contributed by atoms with Gasteiger partial charge in [-0.05, 0) is 45.7 Å². The molecule has 0 fully saturated rings. The van der Waals surface area contributed by atoms with Gasteiger partial charge in [0, 0.05) is 13.0 Å². The quantitative estimate of drug-likeness (QED) is 0.0272. The molecule has 0 rings (SSSR count). The maximum Gasteiger partial charge on any atom is 1.00 e. The molecule has 1 amide bonds. The van der Waals surface area contributed by atoms with Crippen LogP contribution >= 0.6 is 7.82 Å². The molecule has 0 aromatic rings. The number of carbonyl (C=O) groups is 1. The first kappa shape index (κ1) is 59.3. The van der Waals surface area contributed by atoms with E-state index in [0.717, 1.165) is 45.1 Å². The Morgan fingerprint density at radius 3 is 1.49 bits per heavy atom. The summed E-state index contributed by atoms with van der Waals surface area (Å²) < 4.78 is 22.7. The Labute approximate surface area is 376 Å². The molecular weight excluding hydrogens is 742 g/mol. The third kappa shape index (κ3) is 44.1. The first-order valence-corrected chi connectivity index (χ1v) is 25.6. The van der Waals surface area contributed by atoms with Gasteiger partial charge in [-0.25, -0.2) is 0 Å². The number of rotatable bonds is 45. The van der Waals surface area contributed by atoms with Gasteiger partial charge in [0.1, 0.15) is 0 Å². The number of hydrogen-bond acceptors (Lipinski definition) is 7. The number of carbonyl (C=O) groups excluding carboxylic acids is 1. The molecule has 2 N–H and O–H groups in total. The molecule has 0 aromatic carbocycles. The van der Waals surface area contributed by atoms with Crippen molar-refractivity contribution in [1.29, 1.82) is 0 Å². The topological polar surface area (TPSA) is 111 Å². The molecule has 3 atom stereocenters. The van der Waals surface area contributed by atoms with Crippen LogP contribution in [0.25, 0.3) is 0 Å². The van der Waals surface area contributed by atoms with Gasteiger partial charge in [-0.1, -0.05) is 213 Å². The molecule has 0 spiro atoms. The van der Waals surface area contributed by atoms with Crippen molar-refractivity contribution in [2.24, 2.45) is 0 Å². The molecule has 0 aliphatic rings. The predicted octanol–water partition coefficient (Wildman–Crippen LogP) is 10.1. The van der Waals surface area contributed by atoms with Crippen LogP contribution in [0.15, 0.2) is 12.2 Å². The van der Waals surface area contributed by atoms with E-state index in [2.05, 4.69) is 31.3 Å². The van der Waals surface area contributed by atoms with Crippen LogP contribution in [0, 0.1) is 0 Å². The Balaban J connectivity index is 0. The van der Waals surface area contributed by atoms with E-state index < -0.39 is 20.0 Å². The number of aliphatic hydroxyl groups excluding tert-OH is 1. The summed E-state index contributed by atoms with van der Waals surface area (Å²) in [5, 5.41) is 13.9. The largest absolute Gasteiger partial charge is 1.00 e. The van der Waals surface area contributed by atoms with Gasteiger partial charge in [-0.15, -0.1) is 0 Å². The van der Waals surface area contributed by atoms with Crippen molar-refractivity contribution in [1.82, 2.24) is 10.2 Å². The van der Waals surface area contributed by atoms with Crippen LogP contribution in [0.3, 0.4) is 0 Å². The first-order valence-electron chi connectivity index (χ1n) is 24.2. The number of nitrogens with zero attached hydrogens (tertiary/aromatic N) is 1. The molecule has 0 aliphatic carbocycles. The molecule has 0 aliphatic heterocycles. The molecule has 334 valence electrons. The molecule has 57 heavy (non-hydrogen) atoms. The minimum Gasteiger partial charge on any atom is -0.756 e. The van der Waals surface area contributed by atoms with E-state index in [1.54, 1.807) is 0 Å². The zero-order valence-electron chi connectivity index (χ0n) is 38.6. The van der Waals surface area contributed by atoms with E-state index in [-0.39, 0.29) is 48.7 Å². The molecule has 0 radical (unpaired) electrons. The van der Waals surface area contributed by atoms with Crippen LogP contribution in [-0.4, -0.2) is 61.4 Å². The van der Waals surface area contributed by atoms with Gasteiger partial charge in [-0.3, -0.25) is 9.36 Å². The summed E-state index contributed by atoms with van der Waals surface area (Å²) in [4.78, 5) is 27.3. The molecule has 0 saturated heterocycles. The number of hydrogen-bond donors (Lipinski definition) is 2. The van der Waals surface area contributed by atoms with E-state index in [1.807, 2.05) is 18.9 Å². The Morgan fingerprint density at radius 1 is 0.632 bits per heavy atom. The van der Waals surface area contributed by atoms with Crippen LogP contribution in [0.2, 0.25) is 0 Å². The zero-order valence-corrected chi connectivity index (χ0v) is 41.5. The zero-order chi connectivity index (χ0) is 41.2. The van der Waals surface area contributed by atoms with Gasteiger partial charge >= 0.3 is 29.6 Å². The fourth-order valence-electron chi connectivity index (χ4n) is 7.18. The Bertz CT molecular complexity index is 913. The van der Waals surface area contributed by atoms with Gasteiger partial charge in [0.05, 0.1) is 25.4 Å². The molecule has 0 heterocycles. The molecule has 0 bridgehead atoms. The van der Waals surface area contributed by atoms with Crippen LogP contribution in [-0.2, 0) is 18.4 Å². The van der Waals surface area contributed by atoms with Gasteiger partial charge in [-0.2, -0.15) is 0 Å². The summed E-state index contributed by atoms with van der Waals surface area (Å²) in [5.41, 5.74) is 0. The second kappa shape index (κ2) is 45.8. The second-order valence-corrected chi connectivity index (χ2v) is 18.1. The third-order valence-electron chi connectivity index (χ3n) is 11.3. The van der Waals surface area contributed by atoms with E-state index in [9.17, 15) is 19.4 Å². The number of unbranched alkanes of at least 4 members (excludes halogenated alkanes) is 29. The van der Waals surface area contributed by atoms with E-state index in [4.69, 9.17) is 9.05 Å². The standard InChI is InChI=1S/C47H95N2O6P.Na/c1-5-8-10-12-14-16-18-20-21-22-23-24-25-26-27-29-31-33-35-37-39-41-47(51)48-45(44-55-56(52,53)54-43-42-49(4)7-3)46(50)40-38-36-34-32-30-28-19-17-15-13-11-9-6-2;/h12,14,45-46,50H,5-11,13,15-44H2,1-4H3,(H,48,51)(H,52,53);/q;+1/p-1/b14-12-;. The van der Waals surface area contributed by atoms with Gasteiger partial charge < -0.3 is 29.3 Å². The van der Waals surface area contributed by atoms with E-state index >= 15 is 0 Å². The van der Waals surface area contributed by atoms with Crippen LogP contribution in [0.1, 0.15) is 239 Å². The Kier molecular flexibility index (Phi) is 47.6. The molecule has 8 nitrogen and oxygen atoms in total. The number of aliphatic hydroxyl groups is 1. The van der Waals surface area contributed by atoms with Crippen molar-refractivity contribution in [2.75, 3.05) is 33.4 Å². The average molecular weight is 837 g/mol. The third-order valence-corrected chi connectivity index (χ3v) is 12.2. The van der Waals surface area contributed by atoms with Crippen LogP contribution in [0.5, 0.6) is 0 Å². The smallest absolute Gasteiger partial charge is 0.756 e. The number of nitrogens with one attached hydrogen (secondary N) is 1. The van der Waals surface area contributed by atoms with E-state index in [0.29, 0.717) is 19.4 Å². The summed E-state index contributed by atoms with van der Waals surface area (Å²) >= 11 is 0. The molecule has 0 saturated carbocycles. The van der Waals surface area contributed by atoms with Gasteiger partial charge in [0.25, 0.3) is 7.82 Å². The Morgan fingerprint density at radius 2 is 1.04 bits per heavy atom. The van der Waals surface area contributed by atoms with Crippen LogP contribution in [0.4, 0.5) is 0 Å². The summed E-state index contributed by atoms with van der Waals surface area (Å²) in [5.74, 6) is -0.163. The maximum absolute atomic E-state index is 12.9. The summed E-state index contributed by atoms with van der Waals surface area (Å²) in [6.07, 6.45) is 45.0. The summed E-state index contributed by atoms with van der Waals surface area (Å²) in [7, 11) is -2.67. The number of phosphoric ester groups is 1. The fraction of sp³-hybridized carbons (Fsp3) is 0.936. The van der Waals surface area contributed by atoms with Gasteiger partial charge in [0.15, 0.2) is 0 Å². The maximum atomic E-state index is 12.9. The van der Waals surface area contributed by atoms with Gasteiger partial charge in [0.2, 0.25) is 5.91 Å². The summed E-state index contributed by atoms with van der Waals surface area (Å²) in [6.45, 7) is 7.42. The average Bonchev–Trinajstić information content (AvgIpc) is 3.18. The van der Waals surface area contributed by atoms with E-state index in [1.165, 1.54) is 167 Å². The predicted molar refractivity (Wildman–Crippen MR) is 238 cm³/mol. The molecule has 0 aromatic heterocycles. The molecular formula is C47H94N2NaO6P. The molecule has 3 unspecified atom stereocenters. The number of allylic oxidation sites excluding steroid dienone is 2.